The van der Waals surface area contributed by atoms with Gasteiger partial charge in [-0.25, -0.2) is 19.1 Å². The highest BCUT2D eigenvalue weighted by Crippen LogP contribution is 2.27. The molecule has 0 saturated heterocycles. The molecule has 0 spiro atoms. The number of fused-ring (bicyclic) bond motifs is 2. The summed E-state index contributed by atoms with van der Waals surface area (Å²) >= 11 is 0. The molecule has 4 aromatic heterocycles. The van der Waals surface area contributed by atoms with Gasteiger partial charge >= 0.3 is 11.9 Å². The Hall–Kier alpha value is -5.78. The van der Waals surface area contributed by atoms with Crippen LogP contribution in [0, 0.1) is 0 Å². The lowest BCUT2D eigenvalue weighted by Crippen LogP contribution is -2.24. The highest BCUT2D eigenvalue weighted by atomic mass is 16.6. The van der Waals surface area contributed by atoms with E-state index in [0.717, 1.165) is 11.1 Å². The normalized spacial score (nSPS) is 11.5. The summed E-state index contributed by atoms with van der Waals surface area (Å²) in [6.45, 7) is 11.6. The SMILES string of the molecule is CC(C)(C)OC(=O)c1c(OCc2ccccc2)ccn2cnnc12.CC(C)(C)OC(=O)c1c(OCc2ccccc2)ccn2ncnc12. The minimum atomic E-state index is -0.610. The molecule has 0 aliphatic carbocycles. The summed E-state index contributed by atoms with van der Waals surface area (Å²) in [5, 5.41) is 11.9. The molecule has 0 aliphatic heterocycles. The third kappa shape index (κ3) is 8.72. The quantitative estimate of drug-likeness (QED) is 0.168. The highest BCUT2D eigenvalue weighted by Gasteiger charge is 2.26. The first-order valence-corrected chi connectivity index (χ1v) is 15.3. The molecule has 0 fully saturated rings. The predicted molar refractivity (Wildman–Crippen MR) is 178 cm³/mol. The number of pyridine rings is 2. The fourth-order valence-corrected chi connectivity index (χ4v) is 4.50. The zero-order valence-corrected chi connectivity index (χ0v) is 27.8. The largest absolute Gasteiger partial charge is 0.488 e. The van der Waals surface area contributed by atoms with E-state index in [4.69, 9.17) is 18.9 Å². The number of hydrogen-bond donors (Lipinski definition) is 0. The molecular weight excluding hydrogens is 612 g/mol. The third-order valence-corrected chi connectivity index (χ3v) is 6.52. The van der Waals surface area contributed by atoms with Crippen LogP contribution >= 0.6 is 0 Å². The summed E-state index contributed by atoms with van der Waals surface area (Å²) in [5.41, 5.74) is 2.18. The van der Waals surface area contributed by atoms with Gasteiger partial charge in [-0.1, -0.05) is 60.7 Å². The van der Waals surface area contributed by atoms with Gasteiger partial charge in [0.15, 0.2) is 11.3 Å². The number of hydrogen-bond acceptors (Lipinski definition) is 10. The van der Waals surface area contributed by atoms with Crippen molar-refractivity contribution in [3.63, 3.8) is 0 Å². The lowest BCUT2D eigenvalue weighted by Gasteiger charge is -2.20. The first kappa shape index (κ1) is 33.6. The van der Waals surface area contributed by atoms with Crippen molar-refractivity contribution >= 4 is 23.2 Å². The van der Waals surface area contributed by atoms with Gasteiger partial charge in [0, 0.05) is 12.4 Å². The van der Waals surface area contributed by atoms with Crippen molar-refractivity contribution in [1.82, 2.24) is 29.2 Å². The smallest absolute Gasteiger partial charge is 0.346 e. The van der Waals surface area contributed by atoms with Crippen LogP contribution in [0.3, 0.4) is 0 Å². The number of carbonyl (C=O) groups excluding carboxylic acids is 2. The van der Waals surface area contributed by atoms with Crippen molar-refractivity contribution in [3.8, 4) is 11.5 Å². The minimum absolute atomic E-state index is 0.279. The Morgan fingerprint density at radius 3 is 1.69 bits per heavy atom. The number of nitrogens with zero attached hydrogens (tertiary/aromatic N) is 6. The molecule has 0 bridgehead atoms. The van der Waals surface area contributed by atoms with Crippen LogP contribution in [0.25, 0.3) is 11.3 Å². The number of rotatable bonds is 8. The number of esters is 2. The Balaban J connectivity index is 0.000000188. The lowest BCUT2D eigenvalue weighted by atomic mass is 10.1. The molecule has 48 heavy (non-hydrogen) atoms. The Morgan fingerprint density at radius 2 is 1.17 bits per heavy atom. The van der Waals surface area contributed by atoms with Crippen LogP contribution in [-0.2, 0) is 22.7 Å². The van der Waals surface area contributed by atoms with Crippen molar-refractivity contribution in [2.45, 2.75) is 66.0 Å². The van der Waals surface area contributed by atoms with E-state index in [2.05, 4.69) is 20.3 Å². The monoisotopic (exact) mass is 650 g/mol. The van der Waals surface area contributed by atoms with Crippen LogP contribution in [0.1, 0.15) is 73.4 Å². The maximum absolute atomic E-state index is 12.6. The van der Waals surface area contributed by atoms with Crippen molar-refractivity contribution in [2.24, 2.45) is 0 Å². The zero-order valence-electron chi connectivity index (χ0n) is 27.8. The molecule has 0 radical (unpaired) electrons. The van der Waals surface area contributed by atoms with Gasteiger partial charge in [0.25, 0.3) is 0 Å². The maximum atomic E-state index is 12.6. The van der Waals surface area contributed by atoms with E-state index in [0.29, 0.717) is 36.0 Å². The fourth-order valence-electron chi connectivity index (χ4n) is 4.50. The molecule has 0 amide bonds. The van der Waals surface area contributed by atoms with Crippen LogP contribution in [0.15, 0.2) is 97.8 Å². The molecule has 12 nitrogen and oxygen atoms in total. The highest BCUT2D eigenvalue weighted by molar-refractivity contribution is 5.99. The van der Waals surface area contributed by atoms with E-state index in [1.54, 1.807) is 28.9 Å². The van der Waals surface area contributed by atoms with Crippen molar-refractivity contribution in [2.75, 3.05) is 0 Å². The van der Waals surface area contributed by atoms with Crippen LogP contribution in [-0.4, -0.2) is 52.3 Å². The summed E-state index contributed by atoms with van der Waals surface area (Å²) in [6, 6.07) is 22.9. The molecule has 2 aromatic carbocycles. The van der Waals surface area contributed by atoms with Gasteiger partial charge in [-0.3, -0.25) is 4.40 Å². The van der Waals surface area contributed by atoms with Crippen molar-refractivity contribution in [1.29, 1.82) is 0 Å². The molecule has 0 atom stereocenters. The first-order chi connectivity index (χ1) is 22.9. The summed E-state index contributed by atoms with van der Waals surface area (Å²) in [7, 11) is 0. The summed E-state index contributed by atoms with van der Waals surface area (Å²) < 4.78 is 25.9. The van der Waals surface area contributed by atoms with Gasteiger partial charge in [0.2, 0.25) is 0 Å². The number of carbonyl (C=O) groups is 2. The van der Waals surface area contributed by atoms with E-state index in [1.165, 1.54) is 17.2 Å². The van der Waals surface area contributed by atoms with E-state index in [9.17, 15) is 9.59 Å². The van der Waals surface area contributed by atoms with E-state index in [-0.39, 0.29) is 11.1 Å². The fraction of sp³-hybridized carbons (Fsp3) is 0.278. The molecule has 0 unspecified atom stereocenters. The van der Waals surface area contributed by atoms with Crippen LogP contribution in [0.2, 0.25) is 0 Å². The van der Waals surface area contributed by atoms with E-state index >= 15 is 0 Å². The standard InChI is InChI=1S/2C18H19N3O3/c1-18(2,3)24-17(22)15-14(9-10-21-12-19-20-16(15)21)23-11-13-7-5-4-6-8-13;1-18(2,3)24-17(22)15-14(9-10-21-16(15)19-12-20-21)23-11-13-7-5-4-6-8-13/h2*4-10,12H,11H2,1-3H3. The Labute approximate surface area is 278 Å². The van der Waals surface area contributed by atoms with E-state index < -0.39 is 23.1 Å². The molecule has 248 valence electrons. The van der Waals surface area contributed by atoms with Crippen LogP contribution in [0.4, 0.5) is 0 Å². The van der Waals surface area contributed by atoms with Gasteiger partial charge < -0.3 is 18.9 Å². The van der Waals surface area contributed by atoms with Gasteiger partial charge in [-0.05, 0) is 64.8 Å². The Kier molecular flexibility index (Phi) is 10.0. The van der Waals surface area contributed by atoms with Crippen LogP contribution < -0.4 is 9.47 Å². The van der Waals surface area contributed by atoms with Gasteiger partial charge in [0.05, 0.1) is 0 Å². The van der Waals surface area contributed by atoms with Crippen molar-refractivity contribution in [3.05, 3.63) is 120 Å². The van der Waals surface area contributed by atoms with Crippen LogP contribution in [0.5, 0.6) is 11.5 Å². The lowest BCUT2D eigenvalue weighted by molar-refractivity contribution is 0.00540. The second-order valence-corrected chi connectivity index (χ2v) is 12.8. The predicted octanol–water partition coefficient (Wildman–Crippen LogP) is 6.53. The average Bonchev–Trinajstić information content (AvgIpc) is 3.72. The van der Waals surface area contributed by atoms with Gasteiger partial charge in [-0.2, -0.15) is 5.10 Å². The topological polar surface area (TPSA) is 131 Å². The third-order valence-electron chi connectivity index (χ3n) is 6.52. The molecule has 0 N–H and O–H groups in total. The zero-order chi connectivity index (χ0) is 34.3. The van der Waals surface area contributed by atoms with E-state index in [1.807, 2.05) is 102 Å². The first-order valence-electron chi connectivity index (χ1n) is 15.3. The summed E-state index contributed by atoms with van der Waals surface area (Å²) in [4.78, 5) is 29.4. The second-order valence-electron chi connectivity index (χ2n) is 12.8. The Bertz CT molecular complexity index is 1850. The summed E-state index contributed by atoms with van der Waals surface area (Å²) in [5.74, 6) is -0.115. The maximum Gasteiger partial charge on any atom is 0.346 e. The van der Waals surface area contributed by atoms with Gasteiger partial charge in [-0.15, -0.1) is 10.2 Å². The number of ether oxygens (including phenoxy) is 4. The minimum Gasteiger partial charge on any atom is -0.488 e. The molecule has 0 saturated carbocycles. The molecule has 12 heteroatoms. The molecular formula is C36H38N6O6. The van der Waals surface area contributed by atoms with Gasteiger partial charge in [0.1, 0.15) is 59.7 Å². The van der Waals surface area contributed by atoms with Crippen molar-refractivity contribution < 1.29 is 28.5 Å². The Morgan fingerprint density at radius 1 is 0.667 bits per heavy atom. The second kappa shape index (κ2) is 14.3. The molecule has 4 heterocycles. The molecule has 6 rings (SSSR count). The number of benzene rings is 2. The summed E-state index contributed by atoms with van der Waals surface area (Å²) in [6.07, 6.45) is 6.38. The number of aromatic nitrogens is 6. The molecule has 6 aromatic rings. The average molecular weight is 651 g/mol. The molecule has 0 aliphatic rings.